The van der Waals surface area contributed by atoms with E-state index in [1.54, 1.807) is 6.07 Å². The molecule has 20 heavy (non-hydrogen) atoms. The number of aldehydes is 1. The van der Waals surface area contributed by atoms with Gasteiger partial charge in [0.2, 0.25) is 5.91 Å². The highest BCUT2D eigenvalue weighted by molar-refractivity contribution is 5.81. The minimum Gasteiger partial charge on any atom is -0.382 e. The topological polar surface area (TPSA) is 106 Å². The molecule has 0 atom stereocenters. The zero-order valence-corrected chi connectivity index (χ0v) is 10.7. The molecule has 0 saturated carbocycles. The number of rotatable bonds is 3. The van der Waals surface area contributed by atoms with E-state index in [-0.39, 0.29) is 5.91 Å². The minimum atomic E-state index is -0.00743. The molecule has 8 nitrogen and oxygen atoms in total. The fourth-order valence-electron chi connectivity index (χ4n) is 2.40. The lowest BCUT2D eigenvalue weighted by Crippen LogP contribution is -2.47. The van der Waals surface area contributed by atoms with E-state index in [0.29, 0.717) is 36.7 Å². The van der Waals surface area contributed by atoms with Gasteiger partial charge in [-0.3, -0.25) is 14.5 Å². The number of nitrogens with zero attached hydrogens (tertiary/aromatic N) is 4. The first-order chi connectivity index (χ1) is 9.69. The monoisotopic (exact) mass is 274 g/mol. The molecular weight excluding hydrogens is 260 g/mol. The van der Waals surface area contributed by atoms with Crippen molar-refractivity contribution in [2.45, 2.75) is 6.54 Å². The van der Waals surface area contributed by atoms with Crippen LogP contribution in [0.2, 0.25) is 0 Å². The number of carbonyl (C=O) groups is 2. The van der Waals surface area contributed by atoms with Crippen molar-refractivity contribution in [1.29, 1.82) is 0 Å². The van der Waals surface area contributed by atoms with Gasteiger partial charge < -0.3 is 11.1 Å². The Morgan fingerprint density at radius 2 is 2.35 bits per heavy atom. The Morgan fingerprint density at radius 1 is 1.50 bits per heavy atom. The van der Waals surface area contributed by atoms with Gasteiger partial charge in [0.25, 0.3) is 0 Å². The first-order valence-corrected chi connectivity index (χ1v) is 6.24. The van der Waals surface area contributed by atoms with Crippen molar-refractivity contribution < 1.29 is 9.59 Å². The van der Waals surface area contributed by atoms with E-state index >= 15 is 0 Å². The van der Waals surface area contributed by atoms with Crippen molar-refractivity contribution in [3.8, 4) is 0 Å². The van der Waals surface area contributed by atoms with Crippen molar-refractivity contribution in [2.75, 3.05) is 25.4 Å². The molecule has 1 amide bonds. The van der Waals surface area contributed by atoms with Crippen molar-refractivity contribution in [1.82, 2.24) is 24.8 Å². The molecular formula is C12H14N6O2. The van der Waals surface area contributed by atoms with Crippen LogP contribution in [-0.2, 0) is 11.3 Å². The number of anilines is 1. The van der Waals surface area contributed by atoms with Crippen molar-refractivity contribution in [3.63, 3.8) is 0 Å². The average Bonchev–Trinajstić information content (AvgIpc) is 2.77. The summed E-state index contributed by atoms with van der Waals surface area (Å²) in [6.07, 6.45) is 2.06. The number of nitrogens with one attached hydrogen (secondary N) is 1. The molecule has 104 valence electrons. The number of amides is 1. The second-order valence-corrected chi connectivity index (χ2v) is 4.68. The van der Waals surface area contributed by atoms with Gasteiger partial charge in [0.1, 0.15) is 17.5 Å². The molecule has 0 bridgehead atoms. The first kappa shape index (κ1) is 12.5. The lowest BCUT2D eigenvalue weighted by Gasteiger charge is -2.26. The molecule has 8 heteroatoms. The normalized spacial score (nSPS) is 16.3. The summed E-state index contributed by atoms with van der Waals surface area (Å²) in [5, 5.41) is 6.80. The number of carbonyl (C=O) groups excluding carboxylic acids is 2. The summed E-state index contributed by atoms with van der Waals surface area (Å²) < 4.78 is 1.48. The second-order valence-electron chi connectivity index (χ2n) is 4.68. The van der Waals surface area contributed by atoms with Gasteiger partial charge in [-0.15, -0.1) is 0 Å². The molecule has 1 aliphatic rings. The van der Waals surface area contributed by atoms with Gasteiger partial charge in [-0.1, -0.05) is 0 Å². The Labute approximate surface area is 114 Å². The number of nitrogens with two attached hydrogens (primary N) is 1. The van der Waals surface area contributed by atoms with Crippen LogP contribution in [0, 0.1) is 0 Å². The van der Waals surface area contributed by atoms with E-state index < -0.39 is 0 Å². The Balaban J connectivity index is 1.96. The Morgan fingerprint density at radius 3 is 3.10 bits per heavy atom. The minimum absolute atomic E-state index is 0.00743. The highest BCUT2D eigenvalue weighted by atomic mass is 16.2. The van der Waals surface area contributed by atoms with Crippen LogP contribution in [0.1, 0.15) is 16.1 Å². The van der Waals surface area contributed by atoms with Gasteiger partial charge in [-0.05, 0) is 11.6 Å². The average molecular weight is 274 g/mol. The molecule has 0 radical (unpaired) electrons. The summed E-state index contributed by atoms with van der Waals surface area (Å²) in [7, 11) is 0. The van der Waals surface area contributed by atoms with Crippen LogP contribution >= 0.6 is 0 Å². The lowest BCUT2D eigenvalue weighted by molar-refractivity contribution is -0.124. The molecule has 2 aromatic rings. The van der Waals surface area contributed by atoms with Crippen LogP contribution in [-0.4, -0.2) is 51.3 Å². The smallest absolute Gasteiger partial charge is 0.234 e. The maximum Gasteiger partial charge on any atom is 0.234 e. The Hall–Kier alpha value is -2.48. The summed E-state index contributed by atoms with van der Waals surface area (Å²) in [4.78, 5) is 28.6. The molecule has 2 aromatic heterocycles. The molecule has 3 heterocycles. The second kappa shape index (κ2) is 4.89. The third-order valence-electron chi connectivity index (χ3n) is 3.35. The Kier molecular flexibility index (Phi) is 3.07. The summed E-state index contributed by atoms with van der Waals surface area (Å²) in [6, 6.07) is 1.80. The number of nitrogen functional groups attached to an aromatic ring is 1. The SMILES string of the molecule is Nc1ncnn2c(C=O)c(CN3CCNC(=O)C3)cc12. The third-order valence-corrected chi connectivity index (χ3v) is 3.35. The van der Waals surface area contributed by atoms with Gasteiger partial charge >= 0.3 is 0 Å². The number of fused-ring (bicyclic) bond motifs is 1. The van der Waals surface area contributed by atoms with E-state index in [1.807, 2.05) is 4.90 Å². The molecule has 0 aromatic carbocycles. The maximum absolute atomic E-state index is 11.4. The van der Waals surface area contributed by atoms with Crippen LogP contribution in [0.3, 0.4) is 0 Å². The molecule has 1 fully saturated rings. The van der Waals surface area contributed by atoms with Crippen LogP contribution in [0.15, 0.2) is 12.4 Å². The standard InChI is InChI=1S/C12H14N6O2/c13-12-9-3-8(4-17-2-1-14-11(20)5-17)10(6-19)18(9)16-7-15-12/h3,6-7H,1-2,4-5H2,(H,14,20)(H2,13,15,16). The highest BCUT2D eigenvalue weighted by Gasteiger charge is 2.20. The maximum atomic E-state index is 11.4. The van der Waals surface area contributed by atoms with E-state index in [1.165, 1.54) is 10.8 Å². The molecule has 3 rings (SSSR count). The highest BCUT2D eigenvalue weighted by Crippen LogP contribution is 2.19. The van der Waals surface area contributed by atoms with Gasteiger partial charge in [0.05, 0.1) is 6.54 Å². The summed E-state index contributed by atoms with van der Waals surface area (Å²) in [6.45, 7) is 2.19. The van der Waals surface area contributed by atoms with Crippen LogP contribution in [0.25, 0.3) is 5.52 Å². The predicted molar refractivity (Wildman–Crippen MR) is 71.1 cm³/mol. The first-order valence-electron chi connectivity index (χ1n) is 6.24. The summed E-state index contributed by atoms with van der Waals surface area (Å²) in [5.74, 6) is 0.317. The van der Waals surface area contributed by atoms with Crippen molar-refractivity contribution >= 4 is 23.5 Å². The molecule has 1 saturated heterocycles. The van der Waals surface area contributed by atoms with Crippen LogP contribution in [0.5, 0.6) is 0 Å². The molecule has 0 spiro atoms. The lowest BCUT2D eigenvalue weighted by atomic mass is 10.2. The van der Waals surface area contributed by atoms with Gasteiger partial charge in [0.15, 0.2) is 12.1 Å². The van der Waals surface area contributed by atoms with Crippen LogP contribution in [0.4, 0.5) is 5.82 Å². The predicted octanol–water partition coefficient (Wildman–Crippen LogP) is -0.944. The molecule has 1 aliphatic heterocycles. The zero-order valence-electron chi connectivity index (χ0n) is 10.7. The van der Waals surface area contributed by atoms with Gasteiger partial charge in [-0.2, -0.15) is 5.10 Å². The van der Waals surface area contributed by atoms with Crippen LogP contribution < -0.4 is 11.1 Å². The third kappa shape index (κ3) is 2.10. The quantitative estimate of drug-likeness (QED) is 0.699. The Bertz CT molecular complexity index is 680. The zero-order chi connectivity index (χ0) is 14.1. The summed E-state index contributed by atoms with van der Waals surface area (Å²) >= 11 is 0. The molecule has 0 unspecified atom stereocenters. The fourth-order valence-corrected chi connectivity index (χ4v) is 2.40. The number of aromatic nitrogens is 3. The molecule has 3 N–H and O–H groups in total. The van der Waals surface area contributed by atoms with Crippen molar-refractivity contribution in [3.05, 3.63) is 23.7 Å². The van der Waals surface area contributed by atoms with E-state index in [4.69, 9.17) is 5.73 Å². The molecule has 0 aliphatic carbocycles. The number of hydrogen-bond acceptors (Lipinski definition) is 6. The number of hydrogen-bond donors (Lipinski definition) is 2. The largest absolute Gasteiger partial charge is 0.382 e. The van der Waals surface area contributed by atoms with E-state index in [0.717, 1.165) is 18.4 Å². The fraction of sp³-hybridized carbons (Fsp3) is 0.333. The van der Waals surface area contributed by atoms with Gasteiger partial charge in [0, 0.05) is 19.6 Å². The van der Waals surface area contributed by atoms with E-state index in [9.17, 15) is 9.59 Å². The van der Waals surface area contributed by atoms with E-state index in [2.05, 4.69) is 15.4 Å². The van der Waals surface area contributed by atoms with Gasteiger partial charge in [-0.25, -0.2) is 9.50 Å². The summed E-state index contributed by atoms with van der Waals surface area (Å²) in [5.41, 5.74) is 7.62. The number of piperazine rings is 1. The van der Waals surface area contributed by atoms with Crippen molar-refractivity contribution in [2.24, 2.45) is 0 Å².